The van der Waals surface area contributed by atoms with Gasteiger partial charge in [-0.25, -0.2) is 4.39 Å². The van der Waals surface area contributed by atoms with Crippen molar-refractivity contribution >= 4 is 17.4 Å². The van der Waals surface area contributed by atoms with Gasteiger partial charge in [0.1, 0.15) is 5.82 Å². The summed E-state index contributed by atoms with van der Waals surface area (Å²) < 4.78 is 13.6. The fourth-order valence-electron chi connectivity index (χ4n) is 3.31. The molecule has 1 N–H and O–H groups in total. The lowest BCUT2D eigenvalue weighted by atomic mass is 10.2. The Kier molecular flexibility index (Phi) is 5.03. The lowest BCUT2D eigenvalue weighted by Gasteiger charge is -2.34. The molecule has 27 heavy (non-hydrogen) atoms. The average molecular weight is 369 g/mol. The highest BCUT2D eigenvalue weighted by Gasteiger charge is 2.26. The van der Waals surface area contributed by atoms with Crippen molar-refractivity contribution in [2.75, 3.05) is 42.9 Å². The molecule has 2 fully saturated rings. The van der Waals surface area contributed by atoms with Gasteiger partial charge in [0.15, 0.2) is 5.82 Å². The van der Waals surface area contributed by atoms with Crippen molar-refractivity contribution in [2.24, 2.45) is 0 Å². The standard InChI is InChI=1S/C20H24FN5O/c1-14-2-5-16(12-17(14)21)22-20(27)13-25-8-10-26(11-9-25)19-7-6-18(23-24-19)15-3-4-15/h2,5-7,12,15H,3-4,8-11,13H2,1H3,(H,22,27). The molecule has 142 valence electrons. The van der Waals surface area contributed by atoms with Crippen molar-refractivity contribution in [3.05, 3.63) is 47.4 Å². The number of anilines is 2. The Morgan fingerprint density at radius 3 is 2.56 bits per heavy atom. The van der Waals surface area contributed by atoms with E-state index in [4.69, 9.17) is 0 Å². The molecule has 0 bridgehead atoms. The number of amides is 1. The number of benzene rings is 1. The molecule has 1 aliphatic carbocycles. The third kappa shape index (κ3) is 4.42. The van der Waals surface area contributed by atoms with E-state index < -0.39 is 0 Å². The smallest absolute Gasteiger partial charge is 0.238 e. The van der Waals surface area contributed by atoms with Crippen LogP contribution in [0.5, 0.6) is 0 Å². The van der Waals surface area contributed by atoms with Crippen LogP contribution in [-0.2, 0) is 4.79 Å². The van der Waals surface area contributed by atoms with Gasteiger partial charge < -0.3 is 10.2 Å². The van der Waals surface area contributed by atoms with Gasteiger partial charge in [0.2, 0.25) is 5.91 Å². The second-order valence-corrected chi connectivity index (χ2v) is 7.37. The molecule has 1 amide bonds. The maximum absolute atomic E-state index is 13.6. The first-order valence-corrected chi connectivity index (χ1v) is 9.45. The molecular weight excluding hydrogens is 345 g/mol. The predicted molar refractivity (Wildman–Crippen MR) is 102 cm³/mol. The van der Waals surface area contributed by atoms with E-state index in [1.54, 1.807) is 19.1 Å². The second-order valence-electron chi connectivity index (χ2n) is 7.37. The first-order chi connectivity index (χ1) is 13.1. The number of aromatic nitrogens is 2. The van der Waals surface area contributed by atoms with E-state index in [0.29, 0.717) is 23.7 Å². The second kappa shape index (κ2) is 7.60. The van der Waals surface area contributed by atoms with Crippen LogP contribution in [0.3, 0.4) is 0 Å². The highest BCUT2D eigenvalue weighted by atomic mass is 19.1. The molecule has 1 saturated heterocycles. The molecule has 0 radical (unpaired) electrons. The van der Waals surface area contributed by atoms with Gasteiger partial charge in [-0.05, 0) is 49.6 Å². The molecule has 1 aromatic carbocycles. The van der Waals surface area contributed by atoms with Crippen molar-refractivity contribution in [2.45, 2.75) is 25.7 Å². The quantitative estimate of drug-likeness (QED) is 0.878. The number of halogens is 1. The third-order valence-electron chi connectivity index (χ3n) is 5.19. The fraction of sp³-hybridized carbons (Fsp3) is 0.450. The summed E-state index contributed by atoms with van der Waals surface area (Å²) in [6.07, 6.45) is 2.45. The Balaban J connectivity index is 1.26. The van der Waals surface area contributed by atoms with Crippen LogP contribution < -0.4 is 10.2 Å². The zero-order chi connectivity index (χ0) is 18.8. The molecule has 4 rings (SSSR count). The van der Waals surface area contributed by atoms with Crippen molar-refractivity contribution in [1.82, 2.24) is 15.1 Å². The molecule has 2 aromatic rings. The van der Waals surface area contributed by atoms with Crippen LogP contribution in [0.25, 0.3) is 0 Å². The molecule has 7 heteroatoms. The van der Waals surface area contributed by atoms with Crippen LogP contribution in [0.15, 0.2) is 30.3 Å². The van der Waals surface area contributed by atoms with Crippen LogP contribution in [0.4, 0.5) is 15.9 Å². The van der Waals surface area contributed by atoms with Gasteiger partial charge in [0.05, 0.1) is 12.2 Å². The average Bonchev–Trinajstić information content (AvgIpc) is 3.51. The third-order valence-corrected chi connectivity index (χ3v) is 5.19. The minimum absolute atomic E-state index is 0.125. The number of nitrogens with zero attached hydrogens (tertiary/aromatic N) is 4. The Morgan fingerprint density at radius 1 is 1.15 bits per heavy atom. The highest BCUT2D eigenvalue weighted by molar-refractivity contribution is 5.92. The molecule has 1 saturated carbocycles. The number of hydrogen-bond acceptors (Lipinski definition) is 5. The van der Waals surface area contributed by atoms with Gasteiger partial charge in [0.25, 0.3) is 0 Å². The van der Waals surface area contributed by atoms with Gasteiger partial charge in [0, 0.05) is 37.8 Å². The van der Waals surface area contributed by atoms with Gasteiger partial charge in [-0.3, -0.25) is 9.69 Å². The minimum Gasteiger partial charge on any atom is -0.353 e. The molecular formula is C20H24FN5O. The van der Waals surface area contributed by atoms with Gasteiger partial charge in [-0.15, -0.1) is 5.10 Å². The number of carbonyl (C=O) groups excluding carboxylic acids is 1. The monoisotopic (exact) mass is 369 g/mol. The summed E-state index contributed by atoms with van der Waals surface area (Å²) in [5.41, 5.74) is 2.16. The summed E-state index contributed by atoms with van der Waals surface area (Å²) in [7, 11) is 0. The molecule has 6 nitrogen and oxygen atoms in total. The largest absolute Gasteiger partial charge is 0.353 e. The maximum atomic E-state index is 13.6. The number of carbonyl (C=O) groups is 1. The van der Waals surface area contributed by atoms with Crippen LogP contribution in [-0.4, -0.2) is 53.7 Å². The molecule has 1 aliphatic heterocycles. The number of piperazine rings is 1. The van der Waals surface area contributed by atoms with Crippen LogP contribution >= 0.6 is 0 Å². The van der Waals surface area contributed by atoms with Crippen molar-refractivity contribution < 1.29 is 9.18 Å². The van der Waals surface area contributed by atoms with E-state index in [0.717, 1.165) is 37.7 Å². The van der Waals surface area contributed by atoms with Crippen molar-refractivity contribution in [3.63, 3.8) is 0 Å². The van der Waals surface area contributed by atoms with Crippen molar-refractivity contribution in [1.29, 1.82) is 0 Å². The van der Waals surface area contributed by atoms with E-state index in [9.17, 15) is 9.18 Å². The predicted octanol–water partition coefficient (Wildman–Crippen LogP) is 2.56. The summed E-state index contributed by atoms with van der Waals surface area (Å²) in [4.78, 5) is 16.5. The molecule has 0 spiro atoms. The first-order valence-electron chi connectivity index (χ1n) is 9.45. The fourth-order valence-corrected chi connectivity index (χ4v) is 3.31. The van der Waals surface area contributed by atoms with Gasteiger partial charge >= 0.3 is 0 Å². The molecule has 2 aliphatic rings. The zero-order valence-electron chi connectivity index (χ0n) is 15.5. The van der Waals surface area contributed by atoms with Crippen LogP contribution in [0, 0.1) is 12.7 Å². The molecule has 0 unspecified atom stereocenters. The van der Waals surface area contributed by atoms with E-state index in [1.165, 1.54) is 18.9 Å². The Labute approximate surface area is 158 Å². The molecule has 0 atom stereocenters. The summed E-state index contributed by atoms with van der Waals surface area (Å²) in [6, 6.07) is 8.88. The maximum Gasteiger partial charge on any atom is 0.238 e. The Morgan fingerprint density at radius 2 is 1.93 bits per heavy atom. The van der Waals surface area contributed by atoms with E-state index in [2.05, 4.69) is 37.4 Å². The van der Waals surface area contributed by atoms with Gasteiger partial charge in [-0.2, -0.15) is 5.10 Å². The Hall–Kier alpha value is -2.54. The summed E-state index contributed by atoms with van der Waals surface area (Å²) in [6.45, 7) is 5.18. The lowest BCUT2D eigenvalue weighted by molar-refractivity contribution is -0.117. The highest BCUT2D eigenvalue weighted by Crippen LogP contribution is 2.38. The van der Waals surface area contributed by atoms with E-state index >= 15 is 0 Å². The van der Waals surface area contributed by atoms with Crippen molar-refractivity contribution in [3.8, 4) is 0 Å². The van der Waals surface area contributed by atoms with E-state index in [1.807, 2.05) is 0 Å². The van der Waals surface area contributed by atoms with Crippen LogP contribution in [0.1, 0.15) is 30.0 Å². The van der Waals surface area contributed by atoms with Crippen LogP contribution in [0.2, 0.25) is 0 Å². The minimum atomic E-state index is -0.310. The Bertz CT molecular complexity index is 814. The number of rotatable bonds is 5. The topological polar surface area (TPSA) is 61.4 Å². The molecule has 1 aromatic heterocycles. The molecule has 2 heterocycles. The normalized spacial score (nSPS) is 17.8. The number of nitrogens with one attached hydrogen (secondary N) is 1. The number of hydrogen-bond donors (Lipinski definition) is 1. The SMILES string of the molecule is Cc1ccc(NC(=O)CN2CCN(c3ccc(C4CC4)nn3)CC2)cc1F. The summed E-state index contributed by atoms with van der Waals surface area (Å²) >= 11 is 0. The first kappa shape index (κ1) is 17.9. The lowest BCUT2D eigenvalue weighted by Crippen LogP contribution is -2.49. The van der Waals surface area contributed by atoms with Gasteiger partial charge in [-0.1, -0.05) is 6.07 Å². The summed E-state index contributed by atoms with van der Waals surface area (Å²) in [5, 5.41) is 11.5. The summed E-state index contributed by atoms with van der Waals surface area (Å²) in [5.74, 6) is 1.08. The van der Waals surface area contributed by atoms with E-state index in [-0.39, 0.29) is 11.7 Å². The zero-order valence-corrected chi connectivity index (χ0v) is 15.5. The number of aryl methyl sites for hydroxylation is 1.